The Morgan fingerprint density at radius 3 is 2.00 bits per heavy atom. The van der Waals surface area contributed by atoms with Crippen LogP contribution in [0.3, 0.4) is 0 Å². The minimum atomic E-state index is 0.675. The molecule has 18 heavy (non-hydrogen) atoms. The van der Waals surface area contributed by atoms with Gasteiger partial charge in [-0.3, -0.25) is 0 Å². The molecule has 3 nitrogen and oxygen atoms in total. The summed E-state index contributed by atoms with van der Waals surface area (Å²) in [5, 5.41) is 0. The van der Waals surface area contributed by atoms with E-state index in [1.54, 1.807) is 6.33 Å². The highest BCUT2D eigenvalue weighted by Gasteiger charge is 2.15. The largest absolute Gasteiger partial charge is 0.395 e. The summed E-state index contributed by atoms with van der Waals surface area (Å²) in [6.45, 7) is 10.4. The number of benzene rings is 1. The van der Waals surface area contributed by atoms with Gasteiger partial charge in [-0.15, -0.1) is 0 Å². The minimum absolute atomic E-state index is 0.675. The van der Waals surface area contributed by atoms with Gasteiger partial charge in [-0.05, 0) is 56.9 Å². The second kappa shape index (κ2) is 4.41. The van der Waals surface area contributed by atoms with Gasteiger partial charge < -0.3 is 5.73 Å². The summed E-state index contributed by atoms with van der Waals surface area (Å²) in [5.74, 6) is 0. The van der Waals surface area contributed by atoms with Crippen LogP contribution in [-0.2, 0) is 0 Å². The summed E-state index contributed by atoms with van der Waals surface area (Å²) < 4.78 is 0. The van der Waals surface area contributed by atoms with Crippen molar-refractivity contribution in [3.05, 3.63) is 40.3 Å². The highest BCUT2D eigenvalue weighted by atomic mass is 14.9. The van der Waals surface area contributed by atoms with Crippen LogP contribution in [-0.4, -0.2) is 9.97 Å². The Hall–Kier alpha value is -1.90. The number of hydrogen-bond acceptors (Lipinski definition) is 3. The lowest BCUT2D eigenvalue weighted by Gasteiger charge is -2.16. The lowest BCUT2D eigenvalue weighted by molar-refractivity contribution is 1.10. The molecule has 2 N–H and O–H groups in total. The van der Waals surface area contributed by atoms with Gasteiger partial charge in [0.2, 0.25) is 0 Å². The third kappa shape index (κ3) is 1.86. The fourth-order valence-corrected chi connectivity index (χ4v) is 2.25. The van der Waals surface area contributed by atoms with Crippen LogP contribution < -0.4 is 5.73 Å². The molecule has 0 radical (unpaired) electrons. The molecule has 2 rings (SSSR count). The van der Waals surface area contributed by atoms with Gasteiger partial charge >= 0.3 is 0 Å². The molecule has 94 valence electrons. The standard InChI is InChI=1S/C15H19N3/c1-8-6-9(2)11(4)13(10(8)3)15-14(16)12(5)17-7-18-15/h6-7H,16H2,1-5H3. The second-order valence-electron chi connectivity index (χ2n) is 4.86. The maximum Gasteiger partial charge on any atom is 0.116 e. The Bertz CT molecular complexity index is 589. The minimum Gasteiger partial charge on any atom is -0.395 e. The fourth-order valence-electron chi connectivity index (χ4n) is 2.25. The van der Waals surface area contributed by atoms with E-state index >= 15 is 0 Å². The van der Waals surface area contributed by atoms with E-state index in [0.717, 1.165) is 17.0 Å². The maximum atomic E-state index is 6.13. The number of nitrogens with two attached hydrogens (primary N) is 1. The summed E-state index contributed by atoms with van der Waals surface area (Å²) in [6, 6.07) is 2.21. The molecule has 0 spiro atoms. The van der Waals surface area contributed by atoms with Crippen LogP contribution in [0.2, 0.25) is 0 Å². The molecule has 0 saturated carbocycles. The Labute approximate surface area is 108 Å². The van der Waals surface area contributed by atoms with E-state index < -0.39 is 0 Å². The van der Waals surface area contributed by atoms with Crippen molar-refractivity contribution in [2.24, 2.45) is 0 Å². The first-order valence-corrected chi connectivity index (χ1v) is 6.08. The smallest absolute Gasteiger partial charge is 0.116 e. The molecular formula is C15H19N3. The number of aryl methyl sites for hydroxylation is 3. The molecule has 0 saturated heterocycles. The molecule has 0 aliphatic rings. The van der Waals surface area contributed by atoms with Crippen molar-refractivity contribution in [2.45, 2.75) is 34.6 Å². The van der Waals surface area contributed by atoms with Gasteiger partial charge in [-0.1, -0.05) is 6.07 Å². The van der Waals surface area contributed by atoms with Crippen LogP contribution in [0.4, 0.5) is 5.69 Å². The van der Waals surface area contributed by atoms with Crippen LogP contribution >= 0.6 is 0 Å². The van der Waals surface area contributed by atoms with Gasteiger partial charge in [0, 0.05) is 5.56 Å². The molecule has 1 aromatic heterocycles. The third-order valence-electron chi connectivity index (χ3n) is 3.69. The van der Waals surface area contributed by atoms with Gasteiger partial charge in [0.25, 0.3) is 0 Å². The first-order valence-electron chi connectivity index (χ1n) is 6.08. The number of rotatable bonds is 1. The lowest BCUT2D eigenvalue weighted by Crippen LogP contribution is -2.03. The van der Waals surface area contributed by atoms with Crippen molar-refractivity contribution < 1.29 is 0 Å². The Morgan fingerprint density at radius 1 is 0.889 bits per heavy atom. The number of nitrogen functional groups attached to an aromatic ring is 1. The molecule has 0 aliphatic carbocycles. The SMILES string of the molecule is Cc1cc(C)c(C)c(-c2ncnc(C)c2N)c1C. The van der Waals surface area contributed by atoms with Crippen molar-refractivity contribution in [2.75, 3.05) is 5.73 Å². The monoisotopic (exact) mass is 241 g/mol. The van der Waals surface area contributed by atoms with Crippen molar-refractivity contribution in [3.8, 4) is 11.3 Å². The molecule has 0 fully saturated rings. The van der Waals surface area contributed by atoms with Crippen molar-refractivity contribution in [1.29, 1.82) is 0 Å². The van der Waals surface area contributed by atoms with E-state index in [4.69, 9.17) is 5.73 Å². The van der Waals surface area contributed by atoms with Crippen molar-refractivity contribution >= 4 is 5.69 Å². The van der Waals surface area contributed by atoms with E-state index in [1.807, 2.05) is 6.92 Å². The van der Waals surface area contributed by atoms with Crippen LogP contribution in [0.1, 0.15) is 27.9 Å². The van der Waals surface area contributed by atoms with E-state index in [1.165, 1.54) is 22.3 Å². The Balaban J connectivity index is 2.83. The molecule has 1 heterocycles. The molecule has 0 aliphatic heterocycles. The van der Waals surface area contributed by atoms with Crippen molar-refractivity contribution in [1.82, 2.24) is 9.97 Å². The zero-order valence-corrected chi connectivity index (χ0v) is 11.6. The van der Waals surface area contributed by atoms with Crippen LogP contribution in [0, 0.1) is 34.6 Å². The second-order valence-corrected chi connectivity index (χ2v) is 4.86. The quantitative estimate of drug-likeness (QED) is 0.833. The van der Waals surface area contributed by atoms with E-state index in [9.17, 15) is 0 Å². The van der Waals surface area contributed by atoms with Gasteiger partial charge in [0.05, 0.1) is 17.1 Å². The first-order chi connectivity index (χ1) is 8.43. The number of nitrogens with zero attached hydrogens (tertiary/aromatic N) is 2. The van der Waals surface area contributed by atoms with Crippen LogP contribution in [0.25, 0.3) is 11.3 Å². The summed E-state index contributed by atoms with van der Waals surface area (Å²) >= 11 is 0. The molecule has 3 heteroatoms. The predicted octanol–water partition coefficient (Wildman–Crippen LogP) is 3.27. The number of anilines is 1. The van der Waals surface area contributed by atoms with Gasteiger partial charge in [-0.25, -0.2) is 9.97 Å². The third-order valence-corrected chi connectivity index (χ3v) is 3.69. The molecule has 0 bridgehead atoms. The lowest BCUT2D eigenvalue weighted by atomic mass is 9.91. The normalized spacial score (nSPS) is 10.7. The van der Waals surface area contributed by atoms with Crippen LogP contribution in [0.15, 0.2) is 12.4 Å². The Morgan fingerprint density at radius 2 is 1.44 bits per heavy atom. The molecule has 1 aromatic carbocycles. The highest BCUT2D eigenvalue weighted by Crippen LogP contribution is 2.33. The molecular weight excluding hydrogens is 222 g/mol. The van der Waals surface area contributed by atoms with Gasteiger partial charge in [0.1, 0.15) is 6.33 Å². The molecule has 0 amide bonds. The summed E-state index contributed by atoms with van der Waals surface area (Å²) in [7, 11) is 0. The van der Waals surface area contributed by atoms with E-state index in [2.05, 4.69) is 43.7 Å². The predicted molar refractivity (Wildman–Crippen MR) is 75.6 cm³/mol. The zero-order valence-electron chi connectivity index (χ0n) is 11.6. The van der Waals surface area contributed by atoms with Crippen molar-refractivity contribution in [3.63, 3.8) is 0 Å². The molecule has 2 aromatic rings. The van der Waals surface area contributed by atoms with E-state index in [0.29, 0.717) is 5.69 Å². The zero-order chi connectivity index (χ0) is 13.4. The maximum absolute atomic E-state index is 6.13. The Kier molecular flexibility index (Phi) is 3.07. The summed E-state index contributed by atoms with van der Waals surface area (Å²) in [6.07, 6.45) is 1.58. The van der Waals surface area contributed by atoms with Gasteiger partial charge in [0.15, 0.2) is 0 Å². The molecule has 0 unspecified atom stereocenters. The average molecular weight is 241 g/mol. The fraction of sp³-hybridized carbons (Fsp3) is 0.333. The number of aromatic nitrogens is 2. The summed E-state index contributed by atoms with van der Waals surface area (Å²) in [4.78, 5) is 8.51. The van der Waals surface area contributed by atoms with Crippen LogP contribution in [0.5, 0.6) is 0 Å². The van der Waals surface area contributed by atoms with E-state index in [-0.39, 0.29) is 0 Å². The van der Waals surface area contributed by atoms with Gasteiger partial charge in [-0.2, -0.15) is 0 Å². The summed E-state index contributed by atoms with van der Waals surface area (Å²) in [5.41, 5.74) is 14.6. The average Bonchev–Trinajstić information content (AvgIpc) is 2.32. The number of hydrogen-bond donors (Lipinski definition) is 1. The topological polar surface area (TPSA) is 51.8 Å². The first kappa shape index (κ1) is 12.6. The molecule has 0 atom stereocenters. The highest BCUT2D eigenvalue weighted by molar-refractivity contribution is 5.79.